The average molecular weight is 304 g/mol. The molecule has 0 spiro atoms. The van der Waals surface area contributed by atoms with Gasteiger partial charge < -0.3 is 10.1 Å². The van der Waals surface area contributed by atoms with Crippen LogP contribution in [0, 0.1) is 6.92 Å². The molecule has 2 aromatic rings. The topological polar surface area (TPSA) is 38.3 Å². The fourth-order valence-corrected chi connectivity index (χ4v) is 2.15. The Morgan fingerprint density at radius 3 is 2.67 bits per heavy atom. The lowest BCUT2D eigenvalue weighted by Crippen LogP contribution is -2.32. The highest BCUT2D eigenvalue weighted by Crippen LogP contribution is 2.18. The second kappa shape index (κ2) is 7.14. The summed E-state index contributed by atoms with van der Waals surface area (Å²) >= 11 is 5.91. The predicted molar refractivity (Wildman–Crippen MR) is 86.0 cm³/mol. The minimum Gasteiger partial charge on any atom is -0.481 e. The summed E-state index contributed by atoms with van der Waals surface area (Å²) < 4.78 is 5.76. The number of carbonyl (C=O) groups is 1. The Hall–Kier alpha value is -2.00. The minimum atomic E-state index is -0.536. The fourth-order valence-electron chi connectivity index (χ4n) is 1.96. The van der Waals surface area contributed by atoms with E-state index in [9.17, 15) is 4.79 Å². The van der Waals surface area contributed by atoms with Crippen LogP contribution < -0.4 is 10.1 Å². The molecule has 1 atom stereocenters. The largest absolute Gasteiger partial charge is 0.481 e. The molecule has 4 heteroatoms. The Kier molecular flexibility index (Phi) is 5.23. The molecular weight excluding hydrogens is 286 g/mol. The van der Waals surface area contributed by atoms with Gasteiger partial charge in [-0.05, 0) is 49.2 Å². The van der Waals surface area contributed by atoms with Gasteiger partial charge in [0.25, 0.3) is 5.91 Å². The maximum Gasteiger partial charge on any atom is 0.265 e. The highest BCUT2D eigenvalue weighted by Gasteiger charge is 2.18. The smallest absolute Gasteiger partial charge is 0.265 e. The normalized spacial score (nSPS) is 11.8. The summed E-state index contributed by atoms with van der Waals surface area (Å²) in [5.74, 6) is 0.518. The van der Waals surface area contributed by atoms with Gasteiger partial charge in [-0.1, -0.05) is 36.7 Å². The monoisotopic (exact) mass is 303 g/mol. The van der Waals surface area contributed by atoms with Crippen molar-refractivity contribution >= 4 is 23.2 Å². The Bertz CT molecular complexity index is 628. The van der Waals surface area contributed by atoms with Gasteiger partial charge in [-0.2, -0.15) is 0 Å². The maximum absolute atomic E-state index is 12.3. The third-order valence-electron chi connectivity index (χ3n) is 3.02. The lowest BCUT2D eigenvalue weighted by Gasteiger charge is -2.17. The molecule has 0 fully saturated rings. The molecule has 3 nitrogen and oxygen atoms in total. The number of nitrogens with one attached hydrogen (secondary N) is 1. The zero-order valence-corrected chi connectivity index (χ0v) is 12.9. The molecule has 1 amide bonds. The molecule has 1 N–H and O–H groups in total. The highest BCUT2D eigenvalue weighted by molar-refractivity contribution is 6.30. The molecule has 2 aromatic carbocycles. The molecule has 0 radical (unpaired) electrons. The van der Waals surface area contributed by atoms with Gasteiger partial charge in [-0.15, -0.1) is 0 Å². The average Bonchev–Trinajstić information content (AvgIpc) is 2.44. The molecule has 110 valence electrons. The van der Waals surface area contributed by atoms with Gasteiger partial charge in [0, 0.05) is 10.7 Å². The van der Waals surface area contributed by atoms with Crippen LogP contribution in [-0.2, 0) is 4.79 Å². The van der Waals surface area contributed by atoms with Crippen LogP contribution in [0.1, 0.15) is 18.9 Å². The predicted octanol–water partition coefficient (Wildman–Crippen LogP) is 4.44. The highest BCUT2D eigenvalue weighted by atomic mass is 35.5. The summed E-state index contributed by atoms with van der Waals surface area (Å²) in [5.41, 5.74) is 1.76. The van der Waals surface area contributed by atoms with E-state index >= 15 is 0 Å². The molecule has 0 bridgehead atoms. The number of ether oxygens (including phenoxy) is 1. The van der Waals surface area contributed by atoms with E-state index in [-0.39, 0.29) is 5.91 Å². The van der Waals surface area contributed by atoms with Gasteiger partial charge in [0.05, 0.1) is 0 Å². The molecule has 0 aliphatic heterocycles. The van der Waals surface area contributed by atoms with E-state index in [1.165, 1.54) is 0 Å². The van der Waals surface area contributed by atoms with Crippen molar-refractivity contribution in [1.29, 1.82) is 0 Å². The van der Waals surface area contributed by atoms with Crippen LogP contribution in [-0.4, -0.2) is 12.0 Å². The lowest BCUT2D eigenvalue weighted by atomic mass is 10.2. The van der Waals surface area contributed by atoms with Crippen LogP contribution in [0.25, 0.3) is 0 Å². The molecule has 0 aliphatic rings. The standard InChI is InChI=1S/C17H18ClNO2/c1-3-16(21-15-9-4-6-12(2)10-15)17(20)19-14-8-5-7-13(18)11-14/h4-11,16H,3H2,1-2H3,(H,19,20). The number of hydrogen-bond donors (Lipinski definition) is 1. The lowest BCUT2D eigenvalue weighted by molar-refractivity contribution is -0.122. The molecule has 1 unspecified atom stereocenters. The molecule has 0 saturated heterocycles. The van der Waals surface area contributed by atoms with Crippen LogP contribution in [0.4, 0.5) is 5.69 Å². The van der Waals surface area contributed by atoms with Crippen LogP contribution in [0.3, 0.4) is 0 Å². The van der Waals surface area contributed by atoms with Gasteiger partial charge in [-0.3, -0.25) is 4.79 Å². The number of aryl methyl sites for hydroxylation is 1. The second-order valence-electron chi connectivity index (χ2n) is 4.83. The van der Waals surface area contributed by atoms with Crippen molar-refractivity contribution < 1.29 is 9.53 Å². The third-order valence-corrected chi connectivity index (χ3v) is 3.26. The van der Waals surface area contributed by atoms with Crippen LogP contribution in [0.15, 0.2) is 48.5 Å². The molecule has 21 heavy (non-hydrogen) atoms. The Labute approximate surface area is 129 Å². The molecular formula is C17H18ClNO2. The van der Waals surface area contributed by atoms with E-state index in [2.05, 4.69) is 5.32 Å². The number of anilines is 1. The molecule has 2 rings (SSSR count). The van der Waals surface area contributed by atoms with Crippen LogP contribution in [0.2, 0.25) is 5.02 Å². The second-order valence-corrected chi connectivity index (χ2v) is 5.27. The first kappa shape index (κ1) is 15.4. The summed E-state index contributed by atoms with van der Waals surface area (Å²) in [6.45, 7) is 3.90. The van der Waals surface area contributed by atoms with Gasteiger partial charge in [-0.25, -0.2) is 0 Å². The first-order valence-electron chi connectivity index (χ1n) is 6.88. The van der Waals surface area contributed by atoms with Crippen molar-refractivity contribution in [2.45, 2.75) is 26.4 Å². The Morgan fingerprint density at radius 1 is 1.24 bits per heavy atom. The summed E-state index contributed by atoms with van der Waals surface area (Å²) in [5, 5.41) is 3.40. The van der Waals surface area contributed by atoms with Gasteiger partial charge in [0.15, 0.2) is 6.10 Å². The van der Waals surface area contributed by atoms with E-state index < -0.39 is 6.10 Å². The van der Waals surface area contributed by atoms with Crippen LogP contribution in [0.5, 0.6) is 5.75 Å². The summed E-state index contributed by atoms with van der Waals surface area (Å²) in [4.78, 5) is 12.3. The van der Waals surface area contributed by atoms with E-state index in [0.717, 1.165) is 5.56 Å². The Morgan fingerprint density at radius 2 is 2.00 bits per heavy atom. The summed E-state index contributed by atoms with van der Waals surface area (Å²) in [6.07, 6.45) is 0.0474. The van der Waals surface area contributed by atoms with Crippen molar-refractivity contribution in [2.75, 3.05) is 5.32 Å². The number of hydrogen-bond acceptors (Lipinski definition) is 2. The molecule has 0 saturated carbocycles. The molecule has 0 aliphatic carbocycles. The van der Waals surface area contributed by atoms with Crippen molar-refractivity contribution in [3.8, 4) is 5.75 Å². The number of carbonyl (C=O) groups excluding carboxylic acids is 1. The zero-order chi connectivity index (χ0) is 15.2. The van der Waals surface area contributed by atoms with Crippen molar-refractivity contribution in [3.05, 3.63) is 59.1 Å². The maximum atomic E-state index is 12.3. The van der Waals surface area contributed by atoms with Crippen molar-refractivity contribution in [2.24, 2.45) is 0 Å². The molecule has 0 heterocycles. The first-order valence-corrected chi connectivity index (χ1v) is 7.26. The van der Waals surface area contributed by atoms with E-state index in [1.54, 1.807) is 24.3 Å². The summed E-state index contributed by atoms with van der Waals surface area (Å²) in [6, 6.07) is 14.7. The van der Waals surface area contributed by atoms with E-state index in [0.29, 0.717) is 22.9 Å². The summed E-state index contributed by atoms with van der Waals surface area (Å²) in [7, 11) is 0. The number of amides is 1. The fraction of sp³-hybridized carbons (Fsp3) is 0.235. The first-order chi connectivity index (χ1) is 10.1. The minimum absolute atomic E-state index is 0.179. The number of rotatable bonds is 5. The molecule has 0 aromatic heterocycles. The van der Waals surface area contributed by atoms with Crippen molar-refractivity contribution in [1.82, 2.24) is 0 Å². The van der Waals surface area contributed by atoms with Gasteiger partial charge in [0.2, 0.25) is 0 Å². The SMILES string of the molecule is CCC(Oc1cccc(C)c1)C(=O)Nc1cccc(Cl)c1. The zero-order valence-electron chi connectivity index (χ0n) is 12.1. The third kappa shape index (κ3) is 4.50. The Balaban J connectivity index is 2.05. The van der Waals surface area contributed by atoms with Gasteiger partial charge >= 0.3 is 0 Å². The van der Waals surface area contributed by atoms with E-state index in [1.807, 2.05) is 38.1 Å². The number of benzene rings is 2. The quantitative estimate of drug-likeness (QED) is 0.886. The number of halogens is 1. The van der Waals surface area contributed by atoms with E-state index in [4.69, 9.17) is 16.3 Å². The van der Waals surface area contributed by atoms with Crippen molar-refractivity contribution in [3.63, 3.8) is 0 Å². The van der Waals surface area contributed by atoms with Crippen LogP contribution >= 0.6 is 11.6 Å². The van der Waals surface area contributed by atoms with Gasteiger partial charge in [0.1, 0.15) is 5.75 Å².